The number of furan rings is 1. The molecule has 2 aromatic heterocycles. The second-order valence-electron chi connectivity index (χ2n) is 3.60. The highest BCUT2D eigenvalue weighted by Crippen LogP contribution is 2.29. The molecule has 0 spiro atoms. The topological polar surface area (TPSA) is 52.0 Å². The van der Waals surface area contributed by atoms with E-state index in [2.05, 4.69) is 4.98 Å². The molecule has 16 heavy (non-hydrogen) atoms. The molecule has 0 saturated carbocycles. The van der Waals surface area contributed by atoms with E-state index in [1.165, 1.54) is 0 Å². The standard InChI is InChI=1S/C13H10N2O/c14-11-6-7-15-13-10(11)8-12(16-13)9-4-2-1-3-5-9/h1-8H,(H2,14,15). The molecule has 0 aliphatic heterocycles. The highest BCUT2D eigenvalue weighted by atomic mass is 16.3. The fourth-order valence-electron chi connectivity index (χ4n) is 1.70. The first-order valence-electron chi connectivity index (χ1n) is 5.04. The second kappa shape index (κ2) is 3.38. The summed E-state index contributed by atoms with van der Waals surface area (Å²) in [6.45, 7) is 0. The molecule has 0 radical (unpaired) electrons. The van der Waals surface area contributed by atoms with Crippen LogP contribution in [0.25, 0.3) is 22.4 Å². The van der Waals surface area contributed by atoms with Gasteiger partial charge in [-0.2, -0.15) is 0 Å². The fourth-order valence-corrected chi connectivity index (χ4v) is 1.70. The number of aromatic nitrogens is 1. The number of benzene rings is 1. The fraction of sp³-hybridized carbons (Fsp3) is 0. The first-order chi connectivity index (χ1) is 7.84. The predicted octanol–water partition coefficient (Wildman–Crippen LogP) is 3.08. The van der Waals surface area contributed by atoms with Crippen molar-refractivity contribution in [1.29, 1.82) is 0 Å². The molecule has 0 aliphatic rings. The van der Waals surface area contributed by atoms with E-state index >= 15 is 0 Å². The molecule has 3 nitrogen and oxygen atoms in total. The Morgan fingerprint density at radius 1 is 1.06 bits per heavy atom. The maximum absolute atomic E-state index is 5.85. The van der Waals surface area contributed by atoms with E-state index in [0.29, 0.717) is 11.4 Å². The van der Waals surface area contributed by atoms with Gasteiger partial charge in [0, 0.05) is 17.4 Å². The Kier molecular flexibility index (Phi) is 1.90. The van der Waals surface area contributed by atoms with Gasteiger partial charge in [0.2, 0.25) is 5.71 Å². The zero-order chi connectivity index (χ0) is 11.0. The van der Waals surface area contributed by atoms with Crippen LogP contribution in [-0.2, 0) is 0 Å². The quantitative estimate of drug-likeness (QED) is 0.671. The minimum atomic E-state index is 0.582. The smallest absolute Gasteiger partial charge is 0.228 e. The van der Waals surface area contributed by atoms with Gasteiger partial charge in [-0.3, -0.25) is 0 Å². The third-order valence-corrected chi connectivity index (χ3v) is 2.53. The second-order valence-corrected chi connectivity index (χ2v) is 3.60. The largest absolute Gasteiger partial charge is 0.438 e. The van der Waals surface area contributed by atoms with Crippen molar-refractivity contribution in [2.24, 2.45) is 0 Å². The Bertz CT molecular complexity index is 629. The summed E-state index contributed by atoms with van der Waals surface area (Å²) in [7, 11) is 0. The summed E-state index contributed by atoms with van der Waals surface area (Å²) in [6.07, 6.45) is 1.65. The van der Waals surface area contributed by atoms with Crippen LogP contribution in [0.15, 0.2) is 53.1 Å². The van der Waals surface area contributed by atoms with Crippen molar-refractivity contribution in [2.45, 2.75) is 0 Å². The van der Waals surface area contributed by atoms with Crippen molar-refractivity contribution in [3.63, 3.8) is 0 Å². The number of fused-ring (bicyclic) bond motifs is 1. The lowest BCUT2D eigenvalue weighted by Gasteiger charge is -1.92. The van der Waals surface area contributed by atoms with Gasteiger partial charge in [0.05, 0.1) is 5.39 Å². The zero-order valence-corrected chi connectivity index (χ0v) is 8.55. The summed E-state index contributed by atoms with van der Waals surface area (Å²) in [6, 6.07) is 13.6. The molecule has 3 aromatic rings. The van der Waals surface area contributed by atoms with Gasteiger partial charge in [-0.05, 0) is 12.1 Å². The van der Waals surface area contributed by atoms with Gasteiger partial charge >= 0.3 is 0 Å². The molecular weight excluding hydrogens is 200 g/mol. The highest BCUT2D eigenvalue weighted by molar-refractivity contribution is 5.90. The van der Waals surface area contributed by atoms with Gasteiger partial charge in [-0.15, -0.1) is 0 Å². The third kappa shape index (κ3) is 1.34. The van der Waals surface area contributed by atoms with Gasteiger partial charge in [0.15, 0.2) is 0 Å². The number of hydrogen-bond donors (Lipinski definition) is 1. The van der Waals surface area contributed by atoms with Crippen LogP contribution in [0, 0.1) is 0 Å². The summed E-state index contributed by atoms with van der Waals surface area (Å²) in [4.78, 5) is 4.14. The molecule has 0 atom stereocenters. The van der Waals surface area contributed by atoms with E-state index in [4.69, 9.17) is 10.2 Å². The van der Waals surface area contributed by atoms with Crippen molar-refractivity contribution < 1.29 is 4.42 Å². The number of nitrogens with zero attached hydrogens (tertiary/aromatic N) is 1. The average Bonchev–Trinajstić information content (AvgIpc) is 2.76. The van der Waals surface area contributed by atoms with Crippen LogP contribution in [0.3, 0.4) is 0 Å². The molecule has 78 valence electrons. The Morgan fingerprint density at radius 3 is 2.62 bits per heavy atom. The number of pyridine rings is 1. The van der Waals surface area contributed by atoms with E-state index in [9.17, 15) is 0 Å². The van der Waals surface area contributed by atoms with Crippen LogP contribution in [-0.4, -0.2) is 4.98 Å². The van der Waals surface area contributed by atoms with Gasteiger partial charge in [-0.1, -0.05) is 30.3 Å². The molecule has 0 bridgehead atoms. The summed E-state index contributed by atoms with van der Waals surface area (Å²) >= 11 is 0. The summed E-state index contributed by atoms with van der Waals surface area (Å²) in [5.74, 6) is 0.793. The number of nitrogen functional groups attached to an aromatic ring is 1. The lowest BCUT2D eigenvalue weighted by atomic mass is 10.1. The van der Waals surface area contributed by atoms with Gasteiger partial charge in [0.25, 0.3) is 0 Å². The first kappa shape index (κ1) is 8.97. The van der Waals surface area contributed by atoms with Crippen molar-refractivity contribution >= 4 is 16.8 Å². The molecule has 0 saturated heterocycles. The van der Waals surface area contributed by atoms with Gasteiger partial charge < -0.3 is 10.2 Å². The molecule has 0 aliphatic carbocycles. The Hall–Kier alpha value is -2.29. The van der Waals surface area contributed by atoms with Crippen LogP contribution < -0.4 is 5.73 Å². The molecule has 1 aromatic carbocycles. The van der Waals surface area contributed by atoms with E-state index in [1.807, 2.05) is 36.4 Å². The summed E-state index contributed by atoms with van der Waals surface area (Å²) in [5.41, 5.74) is 8.15. The molecule has 0 unspecified atom stereocenters. The van der Waals surface area contributed by atoms with Crippen LogP contribution in [0.5, 0.6) is 0 Å². The average molecular weight is 210 g/mol. The van der Waals surface area contributed by atoms with Crippen molar-refractivity contribution in [3.05, 3.63) is 48.7 Å². The predicted molar refractivity (Wildman–Crippen MR) is 63.9 cm³/mol. The normalized spacial score (nSPS) is 10.8. The van der Waals surface area contributed by atoms with Crippen LogP contribution in [0.4, 0.5) is 5.69 Å². The minimum Gasteiger partial charge on any atom is -0.438 e. The summed E-state index contributed by atoms with van der Waals surface area (Å²) < 4.78 is 5.64. The third-order valence-electron chi connectivity index (χ3n) is 2.53. The monoisotopic (exact) mass is 210 g/mol. The minimum absolute atomic E-state index is 0.582. The lowest BCUT2D eigenvalue weighted by Crippen LogP contribution is -1.84. The lowest BCUT2D eigenvalue weighted by molar-refractivity contribution is 0.618. The van der Waals surface area contributed by atoms with Crippen LogP contribution >= 0.6 is 0 Å². The van der Waals surface area contributed by atoms with Gasteiger partial charge in [-0.25, -0.2) is 4.98 Å². The van der Waals surface area contributed by atoms with Crippen molar-refractivity contribution in [2.75, 3.05) is 5.73 Å². The van der Waals surface area contributed by atoms with Gasteiger partial charge in [0.1, 0.15) is 5.76 Å². The molecule has 3 rings (SSSR count). The maximum Gasteiger partial charge on any atom is 0.228 e. The molecule has 0 amide bonds. The highest BCUT2D eigenvalue weighted by Gasteiger charge is 2.08. The van der Waals surface area contributed by atoms with E-state index in [-0.39, 0.29) is 0 Å². The maximum atomic E-state index is 5.85. The molecular formula is C13H10N2O. The zero-order valence-electron chi connectivity index (χ0n) is 8.55. The number of rotatable bonds is 1. The van der Waals surface area contributed by atoms with Crippen LogP contribution in [0.1, 0.15) is 0 Å². The van der Waals surface area contributed by atoms with Crippen LogP contribution in [0.2, 0.25) is 0 Å². The first-order valence-corrected chi connectivity index (χ1v) is 5.04. The molecule has 3 heteroatoms. The SMILES string of the molecule is Nc1ccnc2oc(-c3ccccc3)cc12. The van der Waals surface area contributed by atoms with Crippen molar-refractivity contribution in [1.82, 2.24) is 4.98 Å². The van der Waals surface area contributed by atoms with E-state index in [1.54, 1.807) is 12.3 Å². The number of anilines is 1. The molecule has 0 fully saturated rings. The number of hydrogen-bond acceptors (Lipinski definition) is 3. The van der Waals surface area contributed by atoms with E-state index < -0.39 is 0 Å². The Morgan fingerprint density at radius 2 is 1.88 bits per heavy atom. The molecule has 2 N–H and O–H groups in total. The Labute approximate surface area is 92.5 Å². The Balaban J connectivity index is 2.23. The number of nitrogens with two attached hydrogens (primary N) is 1. The van der Waals surface area contributed by atoms with E-state index in [0.717, 1.165) is 16.7 Å². The van der Waals surface area contributed by atoms with Crippen molar-refractivity contribution in [3.8, 4) is 11.3 Å². The molecule has 2 heterocycles. The summed E-state index contributed by atoms with van der Waals surface area (Å²) in [5, 5.41) is 0.862.